The minimum absolute atomic E-state index is 0.586. The third-order valence-electron chi connectivity index (χ3n) is 11.4. The van der Waals surface area contributed by atoms with E-state index in [1.807, 2.05) is 85.1 Å². The lowest BCUT2D eigenvalue weighted by atomic mass is 9.88. The van der Waals surface area contributed by atoms with Crippen molar-refractivity contribution < 1.29 is 0 Å². The molecule has 0 fully saturated rings. The molecule has 11 rings (SSSR count). The Morgan fingerprint density at radius 1 is 0.234 bits per heavy atom. The van der Waals surface area contributed by atoms with E-state index in [4.69, 9.17) is 24.9 Å². The summed E-state index contributed by atoms with van der Waals surface area (Å²) in [6, 6.07) is 75.1. The van der Waals surface area contributed by atoms with Crippen LogP contribution in [0.4, 0.5) is 0 Å². The van der Waals surface area contributed by atoms with Gasteiger partial charge in [-0.25, -0.2) is 24.9 Å². The number of hydrogen-bond donors (Lipinski definition) is 0. The summed E-state index contributed by atoms with van der Waals surface area (Å²) in [6.07, 6.45) is 3.71. The number of benzene rings is 8. The van der Waals surface area contributed by atoms with Gasteiger partial charge in [0.25, 0.3) is 0 Å². The molecule has 3 heterocycles. The van der Waals surface area contributed by atoms with Gasteiger partial charge in [-0.05, 0) is 68.9 Å². The molecule has 0 amide bonds. The molecule has 64 heavy (non-hydrogen) atoms. The third kappa shape index (κ3) is 7.72. The molecule has 3 aromatic heterocycles. The van der Waals surface area contributed by atoms with E-state index in [-0.39, 0.29) is 0 Å². The highest BCUT2D eigenvalue weighted by molar-refractivity contribution is 5.94. The van der Waals surface area contributed by atoms with Gasteiger partial charge in [-0.1, -0.05) is 188 Å². The zero-order valence-corrected chi connectivity index (χ0v) is 34.6. The number of nitrogens with zero attached hydrogens (tertiary/aromatic N) is 6. The molecule has 0 unspecified atom stereocenters. The Bertz CT molecular complexity index is 3370. The summed E-state index contributed by atoms with van der Waals surface area (Å²) in [5.74, 6) is 2.45. The Kier molecular flexibility index (Phi) is 10.1. The zero-order chi connectivity index (χ0) is 42.7. The Morgan fingerprint density at radius 2 is 0.750 bits per heavy atom. The number of aromatic nitrogens is 6. The van der Waals surface area contributed by atoms with Crippen molar-refractivity contribution in [2.45, 2.75) is 0 Å². The summed E-state index contributed by atoms with van der Waals surface area (Å²) in [6.45, 7) is 0. The van der Waals surface area contributed by atoms with Crippen molar-refractivity contribution >= 4 is 10.8 Å². The van der Waals surface area contributed by atoms with Crippen LogP contribution < -0.4 is 0 Å². The van der Waals surface area contributed by atoms with Crippen LogP contribution in [0.5, 0.6) is 0 Å². The quantitative estimate of drug-likeness (QED) is 0.144. The smallest absolute Gasteiger partial charge is 0.164 e. The van der Waals surface area contributed by atoms with E-state index >= 15 is 0 Å². The first kappa shape index (κ1) is 38.2. The first-order valence-electron chi connectivity index (χ1n) is 21.3. The summed E-state index contributed by atoms with van der Waals surface area (Å²) in [5.41, 5.74) is 13.5. The van der Waals surface area contributed by atoms with Crippen molar-refractivity contribution in [1.82, 2.24) is 29.9 Å². The van der Waals surface area contributed by atoms with Crippen LogP contribution in [0.1, 0.15) is 0 Å². The summed E-state index contributed by atoms with van der Waals surface area (Å²) in [7, 11) is 0. The minimum atomic E-state index is 0.586. The number of pyridine rings is 1. The second kappa shape index (κ2) is 17.0. The predicted molar refractivity (Wildman–Crippen MR) is 260 cm³/mol. The van der Waals surface area contributed by atoms with Crippen LogP contribution in [0.15, 0.2) is 231 Å². The summed E-state index contributed by atoms with van der Waals surface area (Å²) < 4.78 is 0. The molecule has 0 N–H and O–H groups in total. The largest absolute Gasteiger partial charge is 0.264 e. The van der Waals surface area contributed by atoms with E-state index in [2.05, 4.69) is 145 Å². The van der Waals surface area contributed by atoms with Gasteiger partial charge in [-0.15, -0.1) is 0 Å². The molecule has 0 atom stereocenters. The third-order valence-corrected chi connectivity index (χ3v) is 11.4. The van der Waals surface area contributed by atoms with Gasteiger partial charge in [0, 0.05) is 51.3 Å². The van der Waals surface area contributed by atoms with Gasteiger partial charge < -0.3 is 0 Å². The molecular formula is C58H38N6. The van der Waals surface area contributed by atoms with Gasteiger partial charge in [0.1, 0.15) is 0 Å². The minimum Gasteiger partial charge on any atom is -0.264 e. The average molecular weight is 819 g/mol. The van der Waals surface area contributed by atoms with Gasteiger partial charge in [-0.3, -0.25) is 4.98 Å². The fourth-order valence-electron chi connectivity index (χ4n) is 8.23. The molecule has 300 valence electrons. The molecule has 6 heteroatoms. The SMILES string of the molecule is c1ccc(-c2cc(-c3ccccc3)nc(-c3cccc(-c4cc(-c5cccnc5)ccc4-c4ccccc4-c4nc(-c5ccccc5)nc(-c5ccc6ccccc6c5)n4)c3)n2)cc1. The van der Waals surface area contributed by atoms with Crippen LogP contribution in [0.3, 0.4) is 0 Å². The molecule has 0 aliphatic carbocycles. The fraction of sp³-hybridized carbons (Fsp3) is 0. The number of fused-ring (bicyclic) bond motifs is 1. The Balaban J connectivity index is 1.09. The molecule has 0 aliphatic heterocycles. The van der Waals surface area contributed by atoms with Crippen LogP contribution >= 0.6 is 0 Å². The van der Waals surface area contributed by atoms with Crippen LogP contribution in [0.2, 0.25) is 0 Å². The van der Waals surface area contributed by atoms with Gasteiger partial charge in [-0.2, -0.15) is 0 Å². The lowest BCUT2D eigenvalue weighted by molar-refractivity contribution is 1.07. The second-order valence-electron chi connectivity index (χ2n) is 15.6. The van der Waals surface area contributed by atoms with Gasteiger partial charge in [0.15, 0.2) is 23.3 Å². The van der Waals surface area contributed by atoms with Crippen LogP contribution in [-0.4, -0.2) is 29.9 Å². The highest BCUT2D eigenvalue weighted by atomic mass is 15.0. The van der Waals surface area contributed by atoms with Crippen molar-refractivity contribution in [1.29, 1.82) is 0 Å². The molecular weight excluding hydrogens is 781 g/mol. The molecule has 0 saturated heterocycles. The maximum absolute atomic E-state index is 5.23. The number of hydrogen-bond acceptors (Lipinski definition) is 6. The van der Waals surface area contributed by atoms with E-state index in [1.165, 1.54) is 0 Å². The van der Waals surface area contributed by atoms with Crippen LogP contribution in [-0.2, 0) is 0 Å². The molecule has 0 bridgehead atoms. The van der Waals surface area contributed by atoms with Crippen LogP contribution in [0, 0.1) is 0 Å². The molecule has 8 aromatic carbocycles. The summed E-state index contributed by atoms with van der Waals surface area (Å²) in [5, 5.41) is 2.28. The maximum atomic E-state index is 5.23. The molecule has 0 saturated carbocycles. The van der Waals surface area contributed by atoms with Gasteiger partial charge >= 0.3 is 0 Å². The van der Waals surface area contributed by atoms with E-state index in [0.717, 1.165) is 88.9 Å². The summed E-state index contributed by atoms with van der Waals surface area (Å²) >= 11 is 0. The van der Waals surface area contributed by atoms with Crippen molar-refractivity contribution in [2.75, 3.05) is 0 Å². The first-order chi connectivity index (χ1) is 31.7. The second-order valence-corrected chi connectivity index (χ2v) is 15.6. The first-order valence-corrected chi connectivity index (χ1v) is 21.3. The molecule has 0 aliphatic rings. The van der Waals surface area contributed by atoms with E-state index in [0.29, 0.717) is 23.3 Å². The van der Waals surface area contributed by atoms with E-state index < -0.39 is 0 Å². The topological polar surface area (TPSA) is 77.3 Å². The van der Waals surface area contributed by atoms with Crippen molar-refractivity contribution in [3.63, 3.8) is 0 Å². The van der Waals surface area contributed by atoms with Gasteiger partial charge in [0.2, 0.25) is 0 Å². The highest BCUT2D eigenvalue weighted by Gasteiger charge is 2.20. The van der Waals surface area contributed by atoms with E-state index in [9.17, 15) is 0 Å². The fourth-order valence-corrected chi connectivity index (χ4v) is 8.23. The van der Waals surface area contributed by atoms with Crippen molar-refractivity contribution in [3.8, 4) is 101 Å². The van der Waals surface area contributed by atoms with Gasteiger partial charge in [0.05, 0.1) is 11.4 Å². The molecule has 0 radical (unpaired) electrons. The lowest BCUT2D eigenvalue weighted by Crippen LogP contribution is -2.01. The average Bonchev–Trinajstić information content (AvgIpc) is 3.39. The Labute approximate surface area is 371 Å². The lowest BCUT2D eigenvalue weighted by Gasteiger charge is -2.17. The molecule has 11 aromatic rings. The highest BCUT2D eigenvalue weighted by Crippen LogP contribution is 2.41. The van der Waals surface area contributed by atoms with Crippen LogP contribution in [0.25, 0.3) is 112 Å². The summed E-state index contributed by atoms with van der Waals surface area (Å²) in [4.78, 5) is 30.3. The standard InChI is InChI=1S/C58H38N6/c1-4-17-40(18-5-1)53-37-54(41-19-6-2-7-20-41)61-56(60-53)46-25-14-24-45(35-46)52-36-44(48-26-15-33-59-38-48)31-32-50(52)49-27-12-13-28-51(49)58-63-55(42-21-8-3-9-22-42)62-57(64-58)47-30-29-39-16-10-11-23-43(39)34-47/h1-38H. The molecule has 6 nitrogen and oxygen atoms in total. The van der Waals surface area contributed by atoms with Crippen molar-refractivity contribution in [3.05, 3.63) is 231 Å². The van der Waals surface area contributed by atoms with Crippen molar-refractivity contribution in [2.24, 2.45) is 0 Å². The Morgan fingerprint density at radius 3 is 1.45 bits per heavy atom. The normalized spacial score (nSPS) is 11.1. The predicted octanol–water partition coefficient (Wildman–Crippen LogP) is 14.2. The maximum Gasteiger partial charge on any atom is 0.164 e. The zero-order valence-electron chi connectivity index (χ0n) is 34.6. The van der Waals surface area contributed by atoms with E-state index in [1.54, 1.807) is 6.20 Å². The monoisotopic (exact) mass is 818 g/mol. The molecule has 0 spiro atoms. The number of rotatable bonds is 9. The Hall–Kier alpha value is -8.74.